The first kappa shape index (κ1) is 15.8. The molecule has 2 aromatic heterocycles. The number of fused-ring (bicyclic) bond motifs is 1. The zero-order valence-corrected chi connectivity index (χ0v) is 14.3. The van der Waals surface area contributed by atoms with Gasteiger partial charge in [-0.15, -0.1) is 11.3 Å². The van der Waals surface area contributed by atoms with Gasteiger partial charge >= 0.3 is 0 Å². The van der Waals surface area contributed by atoms with E-state index in [0.717, 1.165) is 17.0 Å². The number of carbonyl (C=O) groups is 1. The highest BCUT2D eigenvalue weighted by Gasteiger charge is 2.20. The van der Waals surface area contributed by atoms with Crippen LogP contribution in [0.2, 0.25) is 0 Å². The Kier molecular flexibility index (Phi) is 4.43. The van der Waals surface area contributed by atoms with Crippen molar-refractivity contribution < 1.29 is 9.53 Å². The lowest BCUT2D eigenvalue weighted by molar-refractivity contribution is 0.0938. The van der Waals surface area contributed by atoms with Crippen molar-refractivity contribution in [3.8, 4) is 16.5 Å². The molecule has 5 nitrogen and oxygen atoms in total. The van der Waals surface area contributed by atoms with E-state index in [0.29, 0.717) is 24.5 Å². The molecule has 126 valence electrons. The number of hydrogen-bond donors (Lipinski definition) is 1. The molecule has 1 aromatic carbocycles. The molecule has 0 unspecified atom stereocenters. The minimum Gasteiger partial charge on any atom is -0.493 e. The molecule has 25 heavy (non-hydrogen) atoms. The lowest BCUT2D eigenvalue weighted by atomic mass is 9.97. The molecule has 1 aliphatic heterocycles. The predicted octanol–water partition coefficient (Wildman–Crippen LogP) is 3.19. The first-order valence-corrected chi connectivity index (χ1v) is 9.02. The number of aromatic nitrogens is 2. The van der Waals surface area contributed by atoms with Gasteiger partial charge in [-0.05, 0) is 29.5 Å². The number of nitrogens with one attached hydrogen (secondary N) is 1. The quantitative estimate of drug-likeness (QED) is 0.784. The molecule has 4 rings (SSSR count). The summed E-state index contributed by atoms with van der Waals surface area (Å²) in [6.45, 7) is 1.19. The minimum absolute atomic E-state index is 0.156. The van der Waals surface area contributed by atoms with Gasteiger partial charge in [0.05, 0.1) is 17.0 Å². The van der Waals surface area contributed by atoms with Gasteiger partial charge in [0.25, 0.3) is 5.91 Å². The number of para-hydroxylation sites is 1. The molecule has 1 atom stereocenters. The molecule has 6 heteroatoms. The third-order valence-corrected chi connectivity index (χ3v) is 5.03. The fourth-order valence-corrected chi connectivity index (χ4v) is 3.51. The van der Waals surface area contributed by atoms with Crippen molar-refractivity contribution in [3.63, 3.8) is 0 Å². The molecular formula is C19H17N3O2S. The molecule has 0 saturated carbocycles. The number of thiophene rings is 1. The van der Waals surface area contributed by atoms with E-state index in [1.54, 1.807) is 23.7 Å². The van der Waals surface area contributed by atoms with Crippen molar-refractivity contribution in [2.75, 3.05) is 13.2 Å². The maximum Gasteiger partial charge on any atom is 0.254 e. The molecule has 1 N–H and O–H groups in total. The Hall–Kier alpha value is -2.73. The van der Waals surface area contributed by atoms with Crippen molar-refractivity contribution in [2.45, 2.75) is 6.42 Å². The SMILES string of the molecule is O=C(NC[C@H]1COc2ccccc2C1)c1cnc(-c2cccs2)nc1. The number of carbonyl (C=O) groups excluding carboxylic acids is 1. The Morgan fingerprint density at radius 1 is 1.20 bits per heavy atom. The van der Waals surface area contributed by atoms with E-state index < -0.39 is 0 Å². The van der Waals surface area contributed by atoms with E-state index in [2.05, 4.69) is 21.4 Å². The molecule has 1 amide bonds. The number of nitrogens with zero attached hydrogens (tertiary/aromatic N) is 2. The Morgan fingerprint density at radius 3 is 2.84 bits per heavy atom. The Balaban J connectivity index is 1.35. The maximum atomic E-state index is 12.3. The summed E-state index contributed by atoms with van der Waals surface area (Å²) in [5.74, 6) is 1.70. The van der Waals surface area contributed by atoms with Crippen LogP contribution in [0.15, 0.2) is 54.2 Å². The standard InChI is InChI=1S/C19H17N3O2S/c23-19(15-10-20-18(21-11-15)17-6-3-7-25-17)22-9-13-8-14-4-1-2-5-16(14)24-12-13/h1-7,10-11,13H,8-9,12H2,(H,22,23)/t13-/m0/s1. The zero-order valence-electron chi connectivity index (χ0n) is 13.5. The van der Waals surface area contributed by atoms with E-state index in [1.165, 1.54) is 5.56 Å². The second kappa shape index (κ2) is 7.03. The second-order valence-corrected chi connectivity index (χ2v) is 6.92. The van der Waals surface area contributed by atoms with Crippen LogP contribution in [0, 0.1) is 5.92 Å². The average molecular weight is 351 g/mol. The van der Waals surface area contributed by atoms with Crippen LogP contribution in [-0.4, -0.2) is 29.0 Å². The van der Waals surface area contributed by atoms with Crippen LogP contribution in [0.3, 0.4) is 0 Å². The number of benzene rings is 1. The summed E-state index contributed by atoms with van der Waals surface area (Å²) in [6.07, 6.45) is 4.05. The summed E-state index contributed by atoms with van der Waals surface area (Å²) in [7, 11) is 0. The van der Waals surface area contributed by atoms with Crippen molar-refractivity contribution in [1.29, 1.82) is 0 Å². The van der Waals surface area contributed by atoms with Crippen molar-refractivity contribution in [2.24, 2.45) is 5.92 Å². The van der Waals surface area contributed by atoms with E-state index in [4.69, 9.17) is 4.74 Å². The molecule has 0 radical (unpaired) electrons. The van der Waals surface area contributed by atoms with Gasteiger partial charge in [-0.25, -0.2) is 9.97 Å². The van der Waals surface area contributed by atoms with Gasteiger partial charge in [0.1, 0.15) is 5.75 Å². The lowest BCUT2D eigenvalue weighted by Gasteiger charge is -2.25. The van der Waals surface area contributed by atoms with Crippen LogP contribution >= 0.6 is 11.3 Å². The third-order valence-electron chi connectivity index (χ3n) is 4.16. The fourth-order valence-electron chi connectivity index (χ4n) is 2.84. The molecule has 1 aliphatic rings. The molecule has 3 heterocycles. The monoisotopic (exact) mass is 351 g/mol. The molecule has 3 aromatic rings. The van der Waals surface area contributed by atoms with Gasteiger partial charge in [0.2, 0.25) is 0 Å². The van der Waals surface area contributed by atoms with Crippen LogP contribution in [0.4, 0.5) is 0 Å². The van der Waals surface area contributed by atoms with Crippen LogP contribution < -0.4 is 10.1 Å². The van der Waals surface area contributed by atoms with E-state index in [-0.39, 0.29) is 11.8 Å². The molecule has 0 fully saturated rings. The number of rotatable bonds is 4. The Labute approximate surface area is 149 Å². The average Bonchev–Trinajstić information content (AvgIpc) is 3.21. The first-order chi connectivity index (χ1) is 12.3. The summed E-state index contributed by atoms with van der Waals surface area (Å²) in [6, 6.07) is 11.9. The van der Waals surface area contributed by atoms with Gasteiger partial charge in [-0.3, -0.25) is 4.79 Å². The first-order valence-electron chi connectivity index (χ1n) is 8.14. The van der Waals surface area contributed by atoms with Crippen molar-refractivity contribution >= 4 is 17.2 Å². The molecule has 0 spiro atoms. The van der Waals surface area contributed by atoms with Crippen LogP contribution in [0.25, 0.3) is 10.7 Å². The highest BCUT2D eigenvalue weighted by molar-refractivity contribution is 7.13. The smallest absolute Gasteiger partial charge is 0.254 e. The van der Waals surface area contributed by atoms with E-state index >= 15 is 0 Å². The van der Waals surface area contributed by atoms with Gasteiger partial charge in [0.15, 0.2) is 5.82 Å². The molecule has 0 saturated heterocycles. The number of amides is 1. The summed E-state index contributed by atoms with van der Waals surface area (Å²) >= 11 is 1.57. The summed E-state index contributed by atoms with van der Waals surface area (Å²) < 4.78 is 5.76. The van der Waals surface area contributed by atoms with Crippen molar-refractivity contribution in [1.82, 2.24) is 15.3 Å². The van der Waals surface area contributed by atoms with Crippen LogP contribution in [-0.2, 0) is 6.42 Å². The second-order valence-electron chi connectivity index (χ2n) is 5.97. The predicted molar refractivity (Wildman–Crippen MR) is 96.8 cm³/mol. The van der Waals surface area contributed by atoms with Crippen LogP contribution in [0.5, 0.6) is 5.75 Å². The normalized spacial score (nSPS) is 15.9. The van der Waals surface area contributed by atoms with Gasteiger partial charge in [0, 0.05) is 24.9 Å². The minimum atomic E-state index is -0.156. The highest BCUT2D eigenvalue weighted by Crippen LogP contribution is 2.26. The summed E-state index contributed by atoms with van der Waals surface area (Å²) in [5, 5.41) is 4.93. The zero-order chi connectivity index (χ0) is 17.1. The summed E-state index contributed by atoms with van der Waals surface area (Å²) in [5.41, 5.74) is 1.66. The van der Waals surface area contributed by atoms with Gasteiger partial charge in [-0.1, -0.05) is 24.3 Å². The highest BCUT2D eigenvalue weighted by atomic mass is 32.1. The van der Waals surface area contributed by atoms with Gasteiger partial charge in [-0.2, -0.15) is 0 Å². The van der Waals surface area contributed by atoms with Crippen LogP contribution in [0.1, 0.15) is 15.9 Å². The number of hydrogen-bond acceptors (Lipinski definition) is 5. The topological polar surface area (TPSA) is 64.1 Å². The molecule has 0 aliphatic carbocycles. The summed E-state index contributed by atoms with van der Waals surface area (Å²) in [4.78, 5) is 21.9. The lowest BCUT2D eigenvalue weighted by Crippen LogP contribution is -2.34. The largest absolute Gasteiger partial charge is 0.493 e. The fraction of sp³-hybridized carbons (Fsp3) is 0.211. The van der Waals surface area contributed by atoms with E-state index in [9.17, 15) is 4.79 Å². The van der Waals surface area contributed by atoms with Gasteiger partial charge < -0.3 is 10.1 Å². The number of ether oxygens (including phenoxy) is 1. The maximum absolute atomic E-state index is 12.3. The molecule has 0 bridgehead atoms. The third kappa shape index (κ3) is 3.53. The van der Waals surface area contributed by atoms with Crippen molar-refractivity contribution in [3.05, 3.63) is 65.3 Å². The van der Waals surface area contributed by atoms with E-state index in [1.807, 2.05) is 35.7 Å². The Morgan fingerprint density at radius 2 is 2.04 bits per heavy atom. The molecular weight excluding hydrogens is 334 g/mol. The Bertz CT molecular complexity index is 863.